The Morgan fingerprint density at radius 2 is 1.71 bits per heavy atom. The number of aliphatic hydroxyl groups is 1. The van der Waals surface area contributed by atoms with Crippen molar-refractivity contribution in [2.45, 2.75) is 63.3 Å². The lowest BCUT2D eigenvalue weighted by Crippen LogP contribution is -2.48. The number of hydrogen-bond donors (Lipinski definition) is 3. The summed E-state index contributed by atoms with van der Waals surface area (Å²) in [7, 11) is 0. The highest BCUT2D eigenvalue weighted by Gasteiger charge is 2.27. The quantitative estimate of drug-likeness (QED) is 0.783. The van der Waals surface area contributed by atoms with Gasteiger partial charge in [0.25, 0.3) is 0 Å². The highest BCUT2D eigenvalue weighted by molar-refractivity contribution is 5.23. The van der Waals surface area contributed by atoms with Crippen molar-refractivity contribution in [2.24, 2.45) is 5.73 Å². The molecule has 2 rings (SSSR count). The van der Waals surface area contributed by atoms with Crippen LogP contribution in [0.25, 0.3) is 0 Å². The zero-order valence-corrected chi connectivity index (χ0v) is 12.4. The number of nitrogens with one attached hydrogen (secondary N) is 1. The van der Waals surface area contributed by atoms with Crippen molar-refractivity contribution in [3.05, 3.63) is 35.4 Å². The molecule has 1 unspecified atom stereocenters. The van der Waals surface area contributed by atoms with Crippen molar-refractivity contribution in [1.82, 2.24) is 5.32 Å². The summed E-state index contributed by atoms with van der Waals surface area (Å²) >= 11 is 0. The van der Waals surface area contributed by atoms with E-state index in [0.717, 1.165) is 31.7 Å². The molecule has 1 aliphatic rings. The standard InChI is InChI=1S/C16H24F2N2O/c1-10(21)15(19)16(20-14-5-3-2-4-6-14)11-7-12(17)9-13(18)8-11/h7-10,14-16,20-21H,2-6,19H2,1H3/t10-,15-,16?/m1/s1. The maximum atomic E-state index is 13.5. The second-order valence-corrected chi connectivity index (χ2v) is 6.00. The van der Waals surface area contributed by atoms with E-state index in [1.807, 2.05) is 0 Å². The topological polar surface area (TPSA) is 58.3 Å². The van der Waals surface area contributed by atoms with Crippen LogP contribution in [0, 0.1) is 11.6 Å². The van der Waals surface area contributed by atoms with Crippen LogP contribution in [0.15, 0.2) is 18.2 Å². The molecule has 0 amide bonds. The molecular formula is C16H24F2N2O. The van der Waals surface area contributed by atoms with E-state index in [-0.39, 0.29) is 6.04 Å². The molecule has 0 spiro atoms. The molecule has 0 aromatic heterocycles. The maximum absolute atomic E-state index is 13.5. The lowest BCUT2D eigenvalue weighted by atomic mass is 9.91. The first-order valence-corrected chi connectivity index (χ1v) is 7.63. The zero-order chi connectivity index (χ0) is 15.4. The molecule has 118 valence electrons. The monoisotopic (exact) mass is 298 g/mol. The summed E-state index contributed by atoms with van der Waals surface area (Å²) in [4.78, 5) is 0. The van der Waals surface area contributed by atoms with Gasteiger partial charge < -0.3 is 16.2 Å². The van der Waals surface area contributed by atoms with E-state index in [0.29, 0.717) is 5.56 Å². The smallest absolute Gasteiger partial charge is 0.126 e. The van der Waals surface area contributed by atoms with Gasteiger partial charge in [0.1, 0.15) is 11.6 Å². The van der Waals surface area contributed by atoms with Gasteiger partial charge in [-0.05, 0) is 37.5 Å². The number of nitrogens with two attached hydrogens (primary N) is 1. The van der Waals surface area contributed by atoms with Crippen molar-refractivity contribution in [2.75, 3.05) is 0 Å². The molecule has 3 atom stereocenters. The van der Waals surface area contributed by atoms with E-state index in [4.69, 9.17) is 5.73 Å². The van der Waals surface area contributed by atoms with E-state index in [2.05, 4.69) is 5.32 Å². The summed E-state index contributed by atoms with van der Waals surface area (Å²) in [6.45, 7) is 1.59. The van der Waals surface area contributed by atoms with Crippen LogP contribution in [-0.2, 0) is 0 Å². The van der Waals surface area contributed by atoms with E-state index in [9.17, 15) is 13.9 Å². The number of rotatable bonds is 5. The number of aliphatic hydroxyl groups excluding tert-OH is 1. The largest absolute Gasteiger partial charge is 0.392 e. The van der Waals surface area contributed by atoms with Crippen LogP contribution in [-0.4, -0.2) is 23.3 Å². The minimum Gasteiger partial charge on any atom is -0.392 e. The molecule has 0 heterocycles. The van der Waals surface area contributed by atoms with Gasteiger partial charge in [-0.3, -0.25) is 0 Å². The summed E-state index contributed by atoms with van der Waals surface area (Å²) in [6, 6.07) is 2.61. The summed E-state index contributed by atoms with van der Waals surface area (Å²) in [5, 5.41) is 13.2. The third kappa shape index (κ3) is 4.46. The second kappa shape index (κ2) is 7.29. The van der Waals surface area contributed by atoms with Crippen LogP contribution in [0.4, 0.5) is 8.78 Å². The Morgan fingerprint density at radius 3 is 2.24 bits per heavy atom. The van der Waals surface area contributed by atoms with Gasteiger partial charge in [-0.15, -0.1) is 0 Å². The molecule has 0 saturated heterocycles. The molecule has 1 aliphatic carbocycles. The normalized spacial score (nSPS) is 21.0. The first-order valence-electron chi connectivity index (χ1n) is 7.63. The Kier molecular flexibility index (Phi) is 5.67. The SMILES string of the molecule is C[C@@H](O)[C@@H](N)C(NC1CCCCC1)c1cc(F)cc(F)c1. The summed E-state index contributed by atoms with van der Waals surface area (Å²) in [6.07, 6.45) is 4.80. The molecule has 0 radical (unpaired) electrons. The van der Waals surface area contributed by atoms with E-state index in [1.54, 1.807) is 6.92 Å². The van der Waals surface area contributed by atoms with Crippen molar-refractivity contribution >= 4 is 0 Å². The minimum absolute atomic E-state index is 0.278. The Hall–Kier alpha value is -1.04. The van der Waals surface area contributed by atoms with Gasteiger partial charge in [-0.1, -0.05) is 19.3 Å². The summed E-state index contributed by atoms with van der Waals surface area (Å²) in [5.74, 6) is -1.25. The number of halogens is 2. The third-order valence-corrected chi connectivity index (χ3v) is 4.21. The predicted molar refractivity (Wildman–Crippen MR) is 78.8 cm³/mol. The Labute approximate surface area is 124 Å². The van der Waals surface area contributed by atoms with Gasteiger partial charge in [-0.2, -0.15) is 0 Å². The molecule has 0 bridgehead atoms. The van der Waals surface area contributed by atoms with Gasteiger partial charge in [0.2, 0.25) is 0 Å². The van der Waals surface area contributed by atoms with Crippen LogP contribution in [0.5, 0.6) is 0 Å². The molecule has 3 nitrogen and oxygen atoms in total. The highest BCUT2D eigenvalue weighted by atomic mass is 19.1. The molecule has 1 aromatic rings. The lowest BCUT2D eigenvalue weighted by Gasteiger charge is -2.33. The fourth-order valence-corrected chi connectivity index (χ4v) is 2.99. The Bertz CT molecular complexity index is 441. The first-order chi connectivity index (χ1) is 9.97. The molecular weight excluding hydrogens is 274 g/mol. The zero-order valence-electron chi connectivity index (χ0n) is 12.4. The van der Waals surface area contributed by atoms with Gasteiger partial charge >= 0.3 is 0 Å². The van der Waals surface area contributed by atoms with Crippen molar-refractivity contribution < 1.29 is 13.9 Å². The molecule has 21 heavy (non-hydrogen) atoms. The molecule has 1 fully saturated rings. The van der Waals surface area contributed by atoms with Gasteiger partial charge in [0.05, 0.1) is 12.1 Å². The summed E-state index contributed by atoms with van der Waals surface area (Å²) in [5.41, 5.74) is 6.50. The molecule has 1 aromatic carbocycles. The van der Waals surface area contributed by atoms with Gasteiger partial charge in [-0.25, -0.2) is 8.78 Å². The first kappa shape index (κ1) is 16.3. The van der Waals surface area contributed by atoms with Crippen LogP contribution in [0.1, 0.15) is 50.6 Å². The van der Waals surface area contributed by atoms with Crippen LogP contribution in [0.3, 0.4) is 0 Å². The average molecular weight is 298 g/mol. The average Bonchev–Trinajstić information content (AvgIpc) is 2.44. The highest BCUT2D eigenvalue weighted by Crippen LogP contribution is 2.25. The third-order valence-electron chi connectivity index (χ3n) is 4.21. The predicted octanol–water partition coefficient (Wildman–Crippen LogP) is 2.64. The molecule has 5 heteroatoms. The fourth-order valence-electron chi connectivity index (χ4n) is 2.99. The molecule has 0 aliphatic heterocycles. The summed E-state index contributed by atoms with van der Waals surface area (Å²) < 4.78 is 26.9. The molecule has 4 N–H and O–H groups in total. The van der Waals surface area contributed by atoms with E-state index >= 15 is 0 Å². The number of hydrogen-bond acceptors (Lipinski definition) is 3. The van der Waals surface area contributed by atoms with Crippen LogP contribution < -0.4 is 11.1 Å². The Balaban J connectivity index is 2.21. The van der Waals surface area contributed by atoms with Crippen LogP contribution >= 0.6 is 0 Å². The Morgan fingerprint density at radius 1 is 1.14 bits per heavy atom. The van der Waals surface area contributed by atoms with E-state index in [1.165, 1.54) is 18.6 Å². The fraction of sp³-hybridized carbons (Fsp3) is 0.625. The maximum Gasteiger partial charge on any atom is 0.126 e. The van der Waals surface area contributed by atoms with Gasteiger partial charge in [0, 0.05) is 18.2 Å². The van der Waals surface area contributed by atoms with E-state index < -0.39 is 29.8 Å². The van der Waals surface area contributed by atoms with Crippen molar-refractivity contribution in [3.63, 3.8) is 0 Å². The van der Waals surface area contributed by atoms with Crippen molar-refractivity contribution in [3.8, 4) is 0 Å². The van der Waals surface area contributed by atoms with Crippen LogP contribution in [0.2, 0.25) is 0 Å². The van der Waals surface area contributed by atoms with Crippen molar-refractivity contribution in [1.29, 1.82) is 0 Å². The lowest BCUT2D eigenvalue weighted by molar-refractivity contribution is 0.136. The second-order valence-electron chi connectivity index (χ2n) is 6.00. The minimum atomic E-state index is -0.766. The molecule has 1 saturated carbocycles. The van der Waals surface area contributed by atoms with Gasteiger partial charge in [0.15, 0.2) is 0 Å². The number of benzene rings is 1.